The number of anilines is 1. The van der Waals surface area contributed by atoms with Crippen LogP contribution >= 0.6 is 13.5 Å². The van der Waals surface area contributed by atoms with Crippen LogP contribution in [0, 0.1) is 5.41 Å². The van der Waals surface area contributed by atoms with E-state index in [1.165, 1.54) is 0 Å². The Kier molecular flexibility index (Phi) is 4.53. The van der Waals surface area contributed by atoms with Crippen LogP contribution in [0.15, 0.2) is 42.7 Å². The lowest BCUT2D eigenvalue weighted by Crippen LogP contribution is -2.35. The molecule has 0 bridgehead atoms. The molecule has 1 saturated heterocycles. The lowest BCUT2D eigenvalue weighted by Gasteiger charge is -2.22. The zero-order valence-corrected chi connectivity index (χ0v) is 14.5. The Hall–Kier alpha value is -2.38. The molecule has 130 valence electrons. The van der Waals surface area contributed by atoms with E-state index in [1.54, 1.807) is 34.9 Å². The summed E-state index contributed by atoms with van der Waals surface area (Å²) in [5.41, 5.74) is 4.57. The Balaban J connectivity index is 0.00000182. The van der Waals surface area contributed by atoms with Gasteiger partial charge in [-0.25, -0.2) is 5.48 Å². The number of amides is 2. The van der Waals surface area contributed by atoms with Crippen LogP contribution in [0.4, 0.5) is 5.69 Å². The fraction of sp³-hybridized carbons (Fsp3) is 0.278. The first-order valence-electron chi connectivity index (χ1n) is 7.91. The molecule has 1 aromatic carbocycles. The minimum Gasteiger partial charge on any atom is -0.310 e. The van der Waals surface area contributed by atoms with Gasteiger partial charge in [0, 0.05) is 18.3 Å². The van der Waals surface area contributed by atoms with Crippen molar-refractivity contribution in [3.63, 3.8) is 0 Å². The van der Waals surface area contributed by atoms with E-state index >= 15 is 0 Å². The number of aromatic nitrogens is 1. The molecule has 0 radical (unpaired) electrons. The van der Waals surface area contributed by atoms with Gasteiger partial charge in [-0.05, 0) is 54.7 Å². The van der Waals surface area contributed by atoms with E-state index in [9.17, 15) is 9.59 Å². The van der Waals surface area contributed by atoms with Gasteiger partial charge in [-0.3, -0.25) is 19.8 Å². The summed E-state index contributed by atoms with van der Waals surface area (Å²) in [6.07, 6.45) is 5.52. The van der Waals surface area contributed by atoms with Gasteiger partial charge in [0.1, 0.15) is 0 Å². The number of nitrogens with one attached hydrogen (secondary N) is 1. The predicted octanol–water partition coefficient (Wildman–Crippen LogP) is 1.84. The molecule has 2 amide bonds. The van der Waals surface area contributed by atoms with Crippen molar-refractivity contribution in [3.8, 4) is 0 Å². The van der Waals surface area contributed by atoms with Gasteiger partial charge in [-0.1, -0.05) is 6.07 Å². The second kappa shape index (κ2) is 6.50. The van der Waals surface area contributed by atoms with Gasteiger partial charge >= 0.3 is 0 Å². The van der Waals surface area contributed by atoms with Gasteiger partial charge in [-0.2, -0.15) is 13.5 Å². The van der Waals surface area contributed by atoms with Crippen LogP contribution in [-0.4, -0.2) is 28.6 Å². The van der Waals surface area contributed by atoms with Gasteiger partial charge in [0.15, 0.2) is 0 Å². The first kappa shape index (κ1) is 17.4. The summed E-state index contributed by atoms with van der Waals surface area (Å²) in [7, 11) is 0. The summed E-state index contributed by atoms with van der Waals surface area (Å²) >= 11 is 0. The van der Waals surface area contributed by atoms with Crippen LogP contribution in [-0.2, 0) is 17.6 Å². The van der Waals surface area contributed by atoms with Crippen molar-refractivity contribution in [1.82, 2.24) is 10.5 Å². The molecule has 1 fully saturated rings. The Morgan fingerprint density at radius 1 is 1.24 bits per heavy atom. The Bertz CT molecular complexity index is 828. The van der Waals surface area contributed by atoms with Gasteiger partial charge in [0.05, 0.1) is 17.3 Å². The van der Waals surface area contributed by atoms with Gasteiger partial charge in [0.2, 0.25) is 5.91 Å². The number of nitrogens with zero attached hydrogens (tertiary/aromatic N) is 2. The van der Waals surface area contributed by atoms with E-state index < -0.39 is 11.3 Å². The Labute approximate surface area is 152 Å². The van der Waals surface area contributed by atoms with Crippen LogP contribution in [0.3, 0.4) is 0 Å². The normalized spacial score (nSPS) is 21.2. The molecule has 1 aliphatic heterocycles. The van der Waals surface area contributed by atoms with Crippen molar-refractivity contribution in [1.29, 1.82) is 0 Å². The summed E-state index contributed by atoms with van der Waals surface area (Å²) in [5.74, 6) is -0.409. The number of hydroxylamine groups is 1. The van der Waals surface area contributed by atoms with Crippen LogP contribution in [0.25, 0.3) is 0 Å². The minimum atomic E-state index is -0.534. The van der Waals surface area contributed by atoms with Gasteiger partial charge < -0.3 is 4.90 Å². The zero-order chi connectivity index (χ0) is 16.7. The summed E-state index contributed by atoms with van der Waals surface area (Å²) < 4.78 is 0. The zero-order valence-electron chi connectivity index (χ0n) is 13.5. The molecule has 1 aliphatic carbocycles. The molecule has 1 atom stereocenters. The maximum atomic E-state index is 13.1. The molecule has 25 heavy (non-hydrogen) atoms. The van der Waals surface area contributed by atoms with E-state index in [4.69, 9.17) is 5.21 Å². The molecule has 0 saturated carbocycles. The fourth-order valence-corrected chi connectivity index (χ4v) is 3.87. The molecular formula is C18H19N3O3S. The van der Waals surface area contributed by atoms with Crippen LogP contribution < -0.4 is 10.4 Å². The van der Waals surface area contributed by atoms with E-state index in [0.29, 0.717) is 24.9 Å². The summed E-state index contributed by atoms with van der Waals surface area (Å²) in [6.45, 7) is 0.683. The Morgan fingerprint density at radius 3 is 2.76 bits per heavy atom. The topological polar surface area (TPSA) is 82.5 Å². The SMILES string of the molecule is O=C(NO)c1ccc2c(c1)C[C@]1(CCN(c3cccnc3)C1=O)C2.S. The lowest BCUT2D eigenvalue weighted by atomic mass is 9.83. The van der Waals surface area contributed by atoms with Crippen molar-refractivity contribution in [3.05, 3.63) is 59.4 Å². The van der Waals surface area contributed by atoms with Crippen LogP contribution in [0.5, 0.6) is 0 Å². The Morgan fingerprint density at radius 2 is 2.04 bits per heavy atom. The summed E-state index contributed by atoms with van der Waals surface area (Å²) in [5, 5.41) is 8.78. The minimum absolute atomic E-state index is 0. The average Bonchev–Trinajstić information content (AvgIpc) is 3.15. The fourth-order valence-electron chi connectivity index (χ4n) is 3.87. The van der Waals surface area contributed by atoms with Gasteiger partial charge in [0.25, 0.3) is 5.91 Å². The average molecular weight is 357 g/mol. The third-order valence-corrected chi connectivity index (χ3v) is 5.10. The van der Waals surface area contributed by atoms with Crippen molar-refractivity contribution >= 4 is 31.0 Å². The smallest absolute Gasteiger partial charge is 0.274 e. The first-order valence-corrected chi connectivity index (χ1v) is 7.91. The number of benzene rings is 1. The monoisotopic (exact) mass is 357 g/mol. The molecule has 2 heterocycles. The van der Waals surface area contributed by atoms with E-state index in [2.05, 4.69) is 4.98 Å². The van der Waals surface area contributed by atoms with E-state index in [0.717, 1.165) is 23.2 Å². The molecule has 4 rings (SSSR count). The molecule has 6 nitrogen and oxygen atoms in total. The number of fused-ring (bicyclic) bond motifs is 1. The molecule has 1 spiro atoms. The maximum Gasteiger partial charge on any atom is 0.274 e. The van der Waals surface area contributed by atoms with Crippen molar-refractivity contribution in [2.75, 3.05) is 11.4 Å². The number of carbonyl (C=O) groups is 2. The summed E-state index contributed by atoms with van der Waals surface area (Å²) in [4.78, 5) is 30.5. The van der Waals surface area contributed by atoms with Crippen LogP contribution in [0.1, 0.15) is 27.9 Å². The predicted molar refractivity (Wildman–Crippen MR) is 97.1 cm³/mol. The molecule has 7 heteroatoms. The maximum absolute atomic E-state index is 13.1. The van der Waals surface area contributed by atoms with E-state index in [-0.39, 0.29) is 19.4 Å². The number of carbonyl (C=O) groups excluding carboxylic acids is 2. The molecule has 2 N–H and O–H groups in total. The number of rotatable bonds is 2. The quantitative estimate of drug-likeness (QED) is 0.635. The number of hydrogen-bond acceptors (Lipinski definition) is 4. The highest BCUT2D eigenvalue weighted by Gasteiger charge is 2.50. The molecule has 2 aromatic rings. The van der Waals surface area contributed by atoms with Crippen molar-refractivity contribution < 1.29 is 14.8 Å². The molecular weight excluding hydrogens is 338 g/mol. The summed E-state index contributed by atoms with van der Waals surface area (Å²) in [6, 6.07) is 9.07. The lowest BCUT2D eigenvalue weighted by molar-refractivity contribution is -0.125. The second-order valence-electron chi connectivity index (χ2n) is 6.48. The second-order valence-corrected chi connectivity index (χ2v) is 6.48. The third-order valence-electron chi connectivity index (χ3n) is 5.10. The van der Waals surface area contributed by atoms with E-state index in [1.807, 2.05) is 18.2 Å². The van der Waals surface area contributed by atoms with Crippen molar-refractivity contribution in [2.45, 2.75) is 19.3 Å². The standard InChI is InChI=1S/C18H17N3O3.H2S/c22-16(20-24)12-3-4-13-9-18(10-14(13)8-12)5-7-21(17(18)23)15-2-1-6-19-11-15;/h1-4,6,8,11,24H,5,7,9-10H2,(H,20,22);1H2/t18-;/m0./s1. The molecule has 1 aromatic heterocycles. The van der Waals surface area contributed by atoms with Crippen LogP contribution in [0.2, 0.25) is 0 Å². The largest absolute Gasteiger partial charge is 0.310 e. The molecule has 0 unspecified atom stereocenters. The third kappa shape index (κ3) is 2.79. The highest BCUT2D eigenvalue weighted by atomic mass is 32.1. The first-order chi connectivity index (χ1) is 11.6. The van der Waals surface area contributed by atoms with Crippen molar-refractivity contribution in [2.24, 2.45) is 5.41 Å². The highest BCUT2D eigenvalue weighted by Crippen LogP contribution is 2.46. The number of hydrogen-bond donors (Lipinski definition) is 2. The van der Waals surface area contributed by atoms with Gasteiger partial charge in [-0.15, -0.1) is 0 Å². The highest BCUT2D eigenvalue weighted by molar-refractivity contribution is 7.59. The molecule has 2 aliphatic rings. The number of pyridine rings is 1.